The van der Waals surface area contributed by atoms with Gasteiger partial charge >= 0.3 is 5.97 Å². The standard InChI is InChI=1S/C38H46F4O5/c1-3-5-7-8-9-10-11-13-23-44-32-22-21-30(35(40)37(32)42)27-17-15-26(16-18-27)29-19-20-31(36(41)34(29)39)38(43)47-28-24-45-33(46-25-28)14-12-6-4-2/h15-22,28,33H,3-14,23-25H2,1-2H3. The minimum Gasteiger partial charge on any atom is -0.490 e. The Hall–Kier alpha value is -3.43. The summed E-state index contributed by atoms with van der Waals surface area (Å²) < 4.78 is 82.0. The molecule has 9 heteroatoms. The lowest BCUT2D eigenvalue weighted by Gasteiger charge is -2.29. The van der Waals surface area contributed by atoms with Crippen molar-refractivity contribution in [3.63, 3.8) is 0 Å². The highest BCUT2D eigenvalue weighted by molar-refractivity contribution is 5.90. The van der Waals surface area contributed by atoms with Crippen molar-refractivity contribution in [1.29, 1.82) is 0 Å². The molecular formula is C38H46F4O5. The first-order valence-corrected chi connectivity index (χ1v) is 17.0. The second-order valence-electron chi connectivity index (χ2n) is 12.0. The van der Waals surface area contributed by atoms with Crippen molar-refractivity contribution in [3.8, 4) is 28.0 Å². The molecule has 3 aromatic carbocycles. The minimum atomic E-state index is -1.35. The molecule has 1 fully saturated rings. The van der Waals surface area contributed by atoms with Gasteiger partial charge in [0.2, 0.25) is 5.82 Å². The summed E-state index contributed by atoms with van der Waals surface area (Å²) >= 11 is 0. The molecule has 4 rings (SSSR count). The van der Waals surface area contributed by atoms with Gasteiger partial charge in [0.1, 0.15) is 6.10 Å². The van der Waals surface area contributed by atoms with E-state index in [1.807, 2.05) is 0 Å². The molecule has 0 atom stereocenters. The molecule has 0 N–H and O–H groups in total. The zero-order chi connectivity index (χ0) is 33.6. The molecule has 1 saturated heterocycles. The number of esters is 1. The fourth-order valence-electron chi connectivity index (χ4n) is 5.58. The van der Waals surface area contributed by atoms with Gasteiger partial charge in [0.15, 0.2) is 29.5 Å². The van der Waals surface area contributed by atoms with Gasteiger partial charge in [0.05, 0.1) is 25.4 Å². The van der Waals surface area contributed by atoms with E-state index in [2.05, 4.69) is 13.8 Å². The first kappa shape index (κ1) is 36.4. The Balaban J connectivity index is 1.32. The van der Waals surface area contributed by atoms with Gasteiger partial charge in [-0.05, 0) is 48.6 Å². The summed E-state index contributed by atoms with van der Waals surface area (Å²) in [5.41, 5.74) is 0.0161. The monoisotopic (exact) mass is 658 g/mol. The van der Waals surface area contributed by atoms with E-state index < -0.39 is 40.9 Å². The first-order chi connectivity index (χ1) is 22.8. The van der Waals surface area contributed by atoms with Crippen LogP contribution >= 0.6 is 0 Å². The number of hydrogen-bond acceptors (Lipinski definition) is 5. The Morgan fingerprint density at radius 3 is 1.81 bits per heavy atom. The van der Waals surface area contributed by atoms with Crippen molar-refractivity contribution < 1.29 is 41.3 Å². The van der Waals surface area contributed by atoms with E-state index in [0.717, 1.165) is 51.0 Å². The van der Waals surface area contributed by atoms with E-state index >= 15 is 13.2 Å². The van der Waals surface area contributed by atoms with Gasteiger partial charge in [-0.3, -0.25) is 0 Å². The molecule has 0 amide bonds. The van der Waals surface area contributed by atoms with Crippen LogP contribution in [-0.2, 0) is 14.2 Å². The Labute approximate surface area is 275 Å². The Morgan fingerprint density at radius 2 is 1.19 bits per heavy atom. The van der Waals surface area contributed by atoms with E-state index in [0.29, 0.717) is 17.7 Å². The average Bonchev–Trinajstić information content (AvgIpc) is 3.08. The molecule has 0 bridgehead atoms. The Bertz CT molecular complexity index is 1420. The van der Waals surface area contributed by atoms with E-state index in [4.69, 9.17) is 18.9 Å². The predicted molar refractivity (Wildman–Crippen MR) is 174 cm³/mol. The summed E-state index contributed by atoms with van der Waals surface area (Å²) in [5, 5.41) is 0. The summed E-state index contributed by atoms with van der Waals surface area (Å²) in [6.45, 7) is 4.81. The van der Waals surface area contributed by atoms with Crippen LogP contribution < -0.4 is 4.74 Å². The lowest BCUT2D eigenvalue weighted by Crippen LogP contribution is -2.38. The van der Waals surface area contributed by atoms with Gasteiger partial charge in [0, 0.05) is 11.1 Å². The van der Waals surface area contributed by atoms with Crippen LogP contribution in [0.25, 0.3) is 22.3 Å². The molecular weight excluding hydrogens is 612 g/mol. The number of rotatable bonds is 18. The lowest BCUT2D eigenvalue weighted by atomic mass is 9.98. The van der Waals surface area contributed by atoms with Crippen molar-refractivity contribution in [2.75, 3.05) is 19.8 Å². The molecule has 0 radical (unpaired) electrons. The maximum atomic E-state index is 15.1. The van der Waals surface area contributed by atoms with Crippen LogP contribution in [0.2, 0.25) is 0 Å². The molecule has 5 nitrogen and oxygen atoms in total. The molecule has 3 aromatic rings. The SMILES string of the molecule is CCCCCCCCCCOc1ccc(-c2ccc(-c3ccc(C(=O)OC4COC(CCCCC)OC4)c(F)c3F)cc2)c(F)c1F. The van der Waals surface area contributed by atoms with Gasteiger partial charge < -0.3 is 18.9 Å². The molecule has 0 spiro atoms. The predicted octanol–water partition coefficient (Wildman–Crippen LogP) is 10.6. The van der Waals surface area contributed by atoms with Crippen LogP contribution in [0, 0.1) is 23.3 Å². The molecule has 47 heavy (non-hydrogen) atoms. The van der Waals surface area contributed by atoms with Crippen molar-refractivity contribution in [1.82, 2.24) is 0 Å². The summed E-state index contributed by atoms with van der Waals surface area (Å²) in [6, 6.07) is 11.2. The Kier molecular flexibility index (Phi) is 14.6. The Morgan fingerprint density at radius 1 is 0.660 bits per heavy atom. The molecule has 0 aromatic heterocycles. The van der Waals surface area contributed by atoms with Crippen molar-refractivity contribution in [2.45, 2.75) is 103 Å². The van der Waals surface area contributed by atoms with Crippen LogP contribution in [-0.4, -0.2) is 38.2 Å². The van der Waals surface area contributed by atoms with Crippen LogP contribution in [0.4, 0.5) is 17.6 Å². The maximum Gasteiger partial charge on any atom is 0.341 e. The minimum absolute atomic E-state index is 0.0150. The topological polar surface area (TPSA) is 54.0 Å². The highest BCUT2D eigenvalue weighted by Gasteiger charge is 2.28. The fraction of sp³-hybridized carbons (Fsp3) is 0.500. The summed E-state index contributed by atoms with van der Waals surface area (Å²) in [7, 11) is 0. The molecule has 256 valence electrons. The second-order valence-corrected chi connectivity index (χ2v) is 12.0. The average molecular weight is 659 g/mol. The highest BCUT2D eigenvalue weighted by Crippen LogP contribution is 2.33. The molecule has 1 aliphatic heterocycles. The molecule has 1 aliphatic rings. The summed E-state index contributed by atoms with van der Waals surface area (Å²) in [4.78, 5) is 12.6. The number of unbranched alkanes of at least 4 members (excludes halogenated alkanes) is 9. The van der Waals surface area contributed by atoms with Crippen molar-refractivity contribution in [3.05, 3.63) is 77.4 Å². The second kappa shape index (κ2) is 18.8. The largest absolute Gasteiger partial charge is 0.490 e. The summed E-state index contributed by atoms with van der Waals surface area (Å²) in [5.74, 6) is -5.85. The highest BCUT2D eigenvalue weighted by atomic mass is 19.2. The zero-order valence-electron chi connectivity index (χ0n) is 27.4. The third-order valence-electron chi connectivity index (χ3n) is 8.36. The molecule has 0 aliphatic carbocycles. The fourth-order valence-corrected chi connectivity index (χ4v) is 5.58. The van der Waals surface area contributed by atoms with Gasteiger partial charge in [-0.1, -0.05) is 102 Å². The van der Waals surface area contributed by atoms with Crippen LogP contribution in [0.3, 0.4) is 0 Å². The smallest absolute Gasteiger partial charge is 0.341 e. The van der Waals surface area contributed by atoms with E-state index in [9.17, 15) is 9.18 Å². The zero-order valence-corrected chi connectivity index (χ0v) is 27.4. The summed E-state index contributed by atoms with van der Waals surface area (Å²) in [6.07, 6.45) is 11.7. The van der Waals surface area contributed by atoms with Crippen LogP contribution in [0.5, 0.6) is 5.75 Å². The quantitative estimate of drug-likeness (QED) is 0.0773. The van der Waals surface area contributed by atoms with E-state index in [-0.39, 0.29) is 36.4 Å². The van der Waals surface area contributed by atoms with E-state index in [1.165, 1.54) is 74.6 Å². The van der Waals surface area contributed by atoms with Gasteiger partial charge in [-0.15, -0.1) is 0 Å². The molecule has 0 unspecified atom stereocenters. The molecule has 1 heterocycles. The van der Waals surface area contributed by atoms with E-state index in [1.54, 1.807) is 0 Å². The third-order valence-corrected chi connectivity index (χ3v) is 8.36. The molecule has 0 saturated carbocycles. The van der Waals surface area contributed by atoms with Crippen molar-refractivity contribution in [2.24, 2.45) is 0 Å². The van der Waals surface area contributed by atoms with Crippen LogP contribution in [0.1, 0.15) is 101 Å². The number of hydrogen-bond donors (Lipinski definition) is 0. The normalized spacial score (nSPS) is 16.3. The number of ether oxygens (including phenoxy) is 4. The number of benzene rings is 3. The third kappa shape index (κ3) is 10.3. The van der Waals surface area contributed by atoms with Crippen LogP contribution in [0.15, 0.2) is 48.5 Å². The van der Waals surface area contributed by atoms with Gasteiger partial charge in [-0.25, -0.2) is 18.0 Å². The van der Waals surface area contributed by atoms with Gasteiger partial charge in [0.25, 0.3) is 0 Å². The number of carbonyl (C=O) groups excluding carboxylic acids is 1. The number of carbonyl (C=O) groups is 1. The van der Waals surface area contributed by atoms with Gasteiger partial charge in [-0.2, -0.15) is 4.39 Å². The maximum absolute atomic E-state index is 15.1. The first-order valence-electron chi connectivity index (χ1n) is 17.0. The lowest BCUT2D eigenvalue weighted by molar-refractivity contribution is -0.218. The van der Waals surface area contributed by atoms with Crippen molar-refractivity contribution >= 4 is 5.97 Å². The number of halogens is 4.